The Morgan fingerprint density at radius 1 is 1.07 bits per heavy atom. The molecule has 0 spiro atoms. The minimum absolute atomic E-state index is 0.0463. The second kappa shape index (κ2) is 9.66. The number of nitrogens with one attached hydrogen (secondary N) is 1. The molecule has 0 amide bonds. The molecule has 0 aliphatic carbocycles. The molecule has 5 heteroatoms. The van der Waals surface area contributed by atoms with Crippen LogP contribution in [0.25, 0.3) is 6.08 Å². The number of hydrogen-bond acceptors (Lipinski definition) is 5. The Morgan fingerprint density at radius 2 is 1.86 bits per heavy atom. The van der Waals surface area contributed by atoms with Gasteiger partial charge < -0.3 is 15.0 Å². The van der Waals surface area contributed by atoms with Crippen LogP contribution in [0.2, 0.25) is 0 Å². The summed E-state index contributed by atoms with van der Waals surface area (Å²) in [5.74, 6) is 0.759. The number of methoxy groups -OCH3 is 1. The number of aromatic nitrogens is 1. The fourth-order valence-electron chi connectivity index (χ4n) is 2.96. The van der Waals surface area contributed by atoms with E-state index in [2.05, 4.69) is 15.2 Å². The molecule has 0 atom stereocenters. The molecule has 0 saturated carbocycles. The summed E-state index contributed by atoms with van der Waals surface area (Å²) < 4.78 is 5.33. The Bertz CT molecular complexity index is 998. The van der Waals surface area contributed by atoms with Gasteiger partial charge in [-0.05, 0) is 67.7 Å². The molecule has 0 fully saturated rings. The molecule has 29 heavy (non-hydrogen) atoms. The van der Waals surface area contributed by atoms with Crippen molar-refractivity contribution in [1.29, 1.82) is 0 Å². The first-order valence-electron chi connectivity index (χ1n) is 9.36. The lowest BCUT2D eigenvalue weighted by molar-refractivity contribution is 0.104. The van der Waals surface area contributed by atoms with Crippen molar-refractivity contribution in [3.63, 3.8) is 0 Å². The molecule has 3 aromatic rings. The first-order chi connectivity index (χ1) is 14.0. The summed E-state index contributed by atoms with van der Waals surface area (Å²) in [5.41, 5.74) is 4.51. The van der Waals surface area contributed by atoms with Crippen molar-refractivity contribution >= 4 is 23.2 Å². The van der Waals surface area contributed by atoms with Crippen LogP contribution >= 0.6 is 0 Å². The van der Waals surface area contributed by atoms with Crippen LogP contribution in [0.3, 0.4) is 0 Å². The molecule has 148 valence electrons. The van der Waals surface area contributed by atoms with E-state index in [1.165, 1.54) is 0 Å². The number of hydrogen-bond donors (Lipinski definition) is 1. The fourth-order valence-corrected chi connectivity index (χ4v) is 2.96. The lowest BCUT2D eigenvalue weighted by Crippen LogP contribution is -2.11. The van der Waals surface area contributed by atoms with Crippen LogP contribution in [0.5, 0.6) is 5.75 Å². The molecule has 0 radical (unpaired) electrons. The van der Waals surface area contributed by atoms with Crippen molar-refractivity contribution in [3.8, 4) is 5.75 Å². The SMILES string of the molecule is COc1ccc(/C=C/C(=O)c2cccc(Nc3ccncc3)c2)c(CN(C)C)c1. The Labute approximate surface area is 171 Å². The van der Waals surface area contributed by atoms with E-state index in [-0.39, 0.29) is 5.78 Å². The van der Waals surface area contributed by atoms with Crippen molar-refractivity contribution in [2.45, 2.75) is 6.54 Å². The average molecular weight is 387 g/mol. The number of ether oxygens (including phenoxy) is 1. The Balaban J connectivity index is 1.78. The maximum absolute atomic E-state index is 12.7. The molecule has 1 aromatic heterocycles. The number of allylic oxidation sites excluding steroid dienone is 1. The van der Waals surface area contributed by atoms with E-state index in [1.807, 2.05) is 74.8 Å². The van der Waals surface area contributed by atoms with Crippen molar-refractivity contribution < 1.29 is 9.53 Å². The van der Waals surface area contributed by atoms with Gasteiger partial charge in [0.15, 0.2) is 5.78 Å². The highest BCUT2D eigenvalue weighted by Crippen LogP contribution is 2.21. The Kier molecular flexibility index (Phi) is 6.76. The van der Waals surface area contributed by atoms with E-state index in [9.17, 15) is 4.79 Å². The predicted octanol–water partition coefficient (Wildman–Crippen LogP) is 4.79. The second-order valence-corrected chi connectivity index (χ2v) is 6.94. The number of benzene rings is 2. The quantitative estimate of drug-likeness (QED) is 0.445. The highest BCUT2D eigenvalue weighted by atomic mass is 16.5. The van der Waals surface area contributed by atoms with Gasteiger partial charge in [-0.15, -0.1) is 0 Å². The monoisotopic (exact) mass is 387 g/mol. The fraction of sp³-hybridized carbons (Fsp3) is 0.167. The van der Waals surface area contributed by atoms with E-state index >= 15 is 0 Å². The van der Waals surface area contributed by atoms with Crippen LogP contribution in [0, 0.1) is 0 Å². The van der Waals surface area contributed by atoms with Gasteiger partial charge in [0.2, 0.25) is 0 Å². The summed E-state index contributed by atoms with van der Waals surface area (Å²) in [6, 6.07) is 17.1. The smallest absolute Gasteiger partial charge is 0.185 e. The lowest BCUT2D eigenvalue weighted by atomic mass is 10.0. The highest BCUT2D eigenvalue weighted by Gasteiger charge is 2.07. The van der Waals surface area contributed by atoms with E-state index in [0.717, 1.165) is 34.8 Å². The van der Waals surface area contributed by atoms with Crippen LogP contribution in [-0.4, -0.2) is 36.9 Å². The van der Waals surface area contributed by atoms with Crippen molar-refractivity contribution in [3.05, 3.63) is 89.8 Å². The summed E-state index contributed by atoms with van der Waals surface area (Å²) in [7, 11) is 5.68. The van der Waals surface area contributed by atoms with Gasteiger partial charge in [0.1, 0.15) is 5.75 Å². The zero-order valence-electron chi connectivity index (χ0n) is 16.9. The standard InChI is InChI=1S/C24H25N3O2/c1-27(2)17-20-16-23(29-3)9-7-18(20)8-10-24(28)19-5-4-6-22(15-19)26-21-11-13-25-14-12-21/h4-16H,17H2,1-3H3,(H,25,26)/b10-8+. The summed E-state index contributed by atoms with van der Waals surface area (Å²) in [4.78, 5) is 18.8. The third-order valence-corrected chi connectivity index (χ3v) is 4.37. The maximum atomic E-state index is 12.7. The molecule has 0 aliphatic heterocycles. The summed E-state index contributed by atoms with van der Waals surface area (Å²) in [5, 5.41) is 3.28. The number of carbonyl (C=O) groups is 1. The minimum Gasteiger partial charge on any atom is -0.497 e. The minimum atomic E-state index is -0.0463. The molecule has 1 N–H and O–H groups in total. The van der Waals surface area contributed by atoms with Crippen LogP contribution < -0.4 is 10.1 Å². The normalized spacial score (nSPS) is 11.0. The molecule has 0 bridgehead atoms. The average Bonchev–Trinajstić information content (AvgIpc) is 2.73. The first-order valence-corrected chi connectivity index (χ1v) is 9.36. The molecule has 1 heterocycles. The number of anilines is 2. The molecular weight excluding hydrogens is 362 g/mol. The third-order valence-electron chi connectivity index (χ3n) is 4.37. The molecule has 0 aliphatic rings. The molecule has 3 rings (SSSR count). The maximum Gasteiger partial charge on any atom is 0.185 e. The van der Waals surface area contributed by atoms with Gasteiger partial charge in [0.05, 0.1) is 7.11 Å². The van der Waals surface area contributed by atoms with E-state index < -0.39 is 0 Å². The number of rotatable bonds is 8. The van der Waals surface area contributed by atoms with Gasteiger partial charge in [-0.1, -0.05) is 24.3 Å². The molecule has 0 unspecified atom stereocenters. The summed E-state index contributed by atoms with van der Waals surface area (Å²) >= 11 is 0. The molecular formula is C24H25N3O2. The number of carbonyl (C=O) groups excluding carboxylic acids is 1. The van der Waals surface area contributed by atoms with Crippen molar-refractivity contribution in [2.24, 2.45) is 0 Å². The van der Waals surface area contributed by atoms with Crippen LogP contribution in [0.15, 0.2) is 73.1 Å². The summed E-state index contributed by atoms with van der Waals surface area (Å²) in [6.45, 7) is 0.760. The lowest BCUT2D eigenvalue weighted by Gasteiger charge is -2.13. The zero-order valence-corrected chi connectivity index (χ0v) is 16.9. The largest absolute Gasteiger partial charge is 0.497 e. The van der Waals surface area contributed by atoms with Gasteiger partial charge >= 0.3 is 0 Å². The summed E-state index contributed by atoms with van der Waals surface area (Å²) in [6.07, 6.45) is 6.93. The van der Waals surface area contributed by atoms with Crippen molar-refractivity contribution in [1.82, 2.24) is 9.88 Å². The Hall–Kier alpha value is -3.44. The number of nitrogens with zero attached hydrogens (tertiary/aromatic N) is 2. The van der Waals surface area contributed by atoms with Crippen LogP contribution in [-0.2, 0) is 6.54 Å². The van der Waals surface area contributed by atoms with E-state index in [1.54, 1.807) is 25.6 Å². The van der Waals surface area contributed by atoms with Gasteiger partial charge in [-0.25, -0.2) is 0 Å². The topological polar surface area (TPSA) is 54.5 Å². The zero-order chi connectivity index (χ0) is 20.6. The highest BCUT2D eigenvalue weighted by molar-refractivity contribution is 6.07. The van der Waals surface area contributed by atoms with Gasteiger partial charge in [-0.3, -0.25) is 9.78 Å². The Morgan fingerprint density at radius 3 is 2.59 bits per heavy atom. The van der Waals surface area contributed by atoms with Crippen LogP contribution in [0.4, 0.5) is 11.4 Å². The first kappa shape index (κ1) is 20.3. The third kappa shape index (κ3) is 5.77. The van der Waals surface area contributed by atoms with E-state index in [0.29, 0.717) is 5.56 Å². The number of pyridine rings is 1. The van der Waals surface area contributed by atoms with E-state index in [4.69, 9.17) is 4.74 Å². The second-order valence-electron chi connectivity index (χ2n) is 6.94. The van der Waals surface area contributed by atoms with Gasteiger partial charge in [0, 0.05) is 35.9 Å². The van der Waals surface area contributed by atoms with Gasteiger partial charge in [0.25, 0.3) is 0 Å². The van der Waals surface area contributed by atoms with Crippen molar-refractivity contribution in [2.75, 3.05) is 26.5 Å². The molecule has 2 aromatic carbocycles. The molecule has 0 saturated heterocycles. The predicted molar refractivity (Wildman–Crippen MR) is 118 cm³/mol. The molecule has 5 nitrogen and oxygen atoms in total. The van der Waals surface area contributed by atoms with Gasteiger partial charge in [-0.2, -0.15) is 0 Å². The number of ketones is 1. The van der Waals surface area contributed by atoms with Crippen LogP contribution in [0.1, 0.15) is 21.5 Å².